The molecule has 0 saturated carbocycles. The maximum absolute atomic E-state index is 5.28. The molecule has 4 nitrogen and oxygen atoms in total. The quantitative estimate of drug-likeness (QED) is 0.564. The van der Waals surface area contributed by atoms with Crippen LogP contribution in [0, 0.1) is 0 Å². The largest absolute Gasteiger partial charge is 0.469 e. The minimum atomic E-state index is 0.840. The molecule has 1 aromatic heterocycles. The Hall–Kier alpha value is -1.45. The first kappa shape index (κ1) is 13.6. The van der Waals surface area contributed by atoms with Crippen molar-refractivity contribution >= 4 is 5.96 Å². The maximum Gasteiger partial charge on any atom is 0.191 e. The number of nitrogens with one attached hydrogen (secondary N) is 2. The molecule has 0 spiro atoms. The fourth-order valence-electron chi connectivity index (χ4n) is 1.40. The first-order valence-electron chi connectivity index (χ1n) is 6.41. The van der Waals surface area contributed by atoms with Crippen LogP contribution in [-0.2, 0) is 6.42 Å². The Kier molecular flexibility index (Phi) is 6.95. The molecule has 0 saturated heterocycles. The molecule has 0 aromatic carbocycles. The molecule has 1 aromatic rings. The Morgan fingerprint density at radius 3 is 2.71 bits per heavy atom. The van der Waals surface area contributed by atoms with Gasteiger partial charge >= 0.3 is 0 Å². The van der Waals surface area contributed by atoms with Gasteiger partial charge in [-0.25, -0.2) is 0 Å². The molecule has 0 radical (unpaired) electrons. The molecule has 0 aliphatic carbocycles. The summed E-state index contributed by atoms with van der Waals surface area (Å²) in [4.78, 5) is 4.46. The topological polar surface area (TPSA) is 49.6 Å². The number of rotatable bonds is 7. The summed E-state index contributed by atoms with van der Waals surface area (Å²) in [5, 5.41) is 6.60. The lowest BCUT2D eigenvalue weighted by atomic mass is 10.3. The third-order valence-electron chi connectivity index (χ3n) is 2.28. The van der Waals surface area contributed by atoms with Crippen molar-refractivity contribution in [2.24, 2.45) is 4.99 Å². The highest BCUT2D eigenvalue weighted by Crippen LogP contribution is 1.99. The molecule has 0 amide bonds. The van der Waals surface area contributed by atoms with Gasteiger partial charge in [0.15, 0.2) is 5.96 Å². The molecule has 4 heteroatoms. The number of hydrogen-bond donors (Lipinski definition) is 2. The average Bonchev–Trinajstić information content (AvgIpc) is 2.85. The van der Waals surface area contributed by atoms with E-state index in [0.29, 0.717) is 0 Å². The minimum Gasteiger partial charge on any atom is -0.469 e. The fraction of sp³-hybridized carbons (Fsp3) is 0.615. The number of guanidine groups is 1. The van der Waals surface area contributed by atoms with Gasteiger partial charge in [0.05, 0.1) is 6.26 Å². The Morgan fingerprint density at radius 1 is 1.24 bits per heavy atom. The lowest BCUT2D eigenvalue weighted by Gasteiger charge is -2.11. The van der Waals surface area contributed by atoms with Crippen LogP contribution >= 0.6 is 0 Å². The van der Waals surface area contributed by atoms with Crippen molar-refractivity contribution in [1.29, 1.82) is 0 Å². The Bertz CT molecular complexity index is 306. The molecule has 0 fully saturated rings. The maximum atomic E-state index is 5.28. The minimum absolute atomic E-state index is 0.840. The van der Waals surface area contributed by atoms with Gasteiger partial charge in [0.25, 0.3) is 0 Å². The summed E-state index contributed by atoms with van der Waals surface area (Å²) in [6, 6.07) is 3.90. The summed E-state index contributed by atoms with van der Waals surface area (Å²) in [6.45, 7) is 6.93. The summed E-state index contributed by atoms with van der Waals surface area (Å²) < 4.78 is 5.28. The monoisotopic (exact) mass is 237 g/mol. The molecule has 0 unspecified atom stereocenters. The standard InChI is InChI=1S/C13H23N3O/c1-3-8-14-13(15-9-4-2)16-10-7-12-6-5-11-17-12/h5-6,11H,3-4,7-10H2,1-2H3,(H2,14,15,16). The van der Waals surface area contributed by atoms with E-state index in [-0.39, 0.29) is 0 Å². The fourth-order valence-corrected chi connectivity index (χ4v) is 1.40. The van der Waals surface area contributed by atoms with Crippen LogP contribution in [0.3, 0.4) is 0 Å². The van der Waals surface area contributed by atoms with Crippen LogP contribution in [0.15, 0.2) is 27.8 Å². The van der Waals surface area contributed by atoms with E-state index in [9.17, 15) is 0 Å². The van der Waals surface area contributed by atoms with Crippen LogP contribution < -0.4 is 10.6 Å². The van der Waals surface area contributed by atoms with Crippen LogP contribution in [0.1, 0.15) is 32.4 Å². The average molecular weight is 237 g/mol. The van der Waals surface area contributed by atoms with Crippen LogP contribution in [0.25, 0.3) is 0 Å². The second kappa shape index (κ2) is 8.67. The van der Waals surface area contributed by atoms with E-state index < -0.39 is 0 Å². The first-order valence-corrected chi connectivity index (χ1v) is 6.41. The molecule has 96 valence electrons. The van der Waals surface area contributed by atoms with Crippen molar-refractivity contribution in [2.75, 3.05) is 19.6 Å². The van der Waals surface area contributed by atoms with E-state index in [1.54, 1.807) is 6.26 Å². The summed E-state index contributed by atoms with van der Waals surface area (Å²) >= 11 is 0. The Labute approximate surface area is 104 Å². The molecule has 0 aliphatic heterocycles. The van der Waals surface area contributed by atoms with Crippen molar-refractivity contribution in [2.45, 2.75) is 33.1 Å². The zero-order valence-electron chi connectivity index (χ0n) is 10.8. The zero-order valence-corrected chi connectivity index (χ0v) is 10.8. The predicted molar refractivity (Wildman–Crippen MR) is 71.3 cm³/mol. The molecule has 0 atom stereocenters. The molecule has 0 bridgehead atoms. The molecule has 0 aliphatic rings. The highest BCUT2D eigenvalue weighted by molar-refractivity contribution is 5.79. The lowest BCUT2D eigenvalue weighted by Crippen LogP contribution is -2.38. The second-order valence-corrected chi connectivity index (χ2v) is 3.91. The summed E-state index contributed by atoms with van der Waals surface area (Å²) in [5.41, 5.74) is 0. The highest BCUT2D eigenvalue weighted by Gasteiger charge is 1.98. The Morgan fingerprint density at radius 2 is 2.06 bits per heavy atom. The van der Waals surface area contributed by atoms with Gasteiger partial charge in [0, 0.05) is 26.1 Å². The highest BCUT2D eigenvalue weighted by atomic mass is 16.3. The van der Waals surface area contributed by atoms with Gasteiger partial charge in [-0.3, -0.25) is 4.99 Å². The molecular weight excluding hydrogens is 214 g/mol. The van der Waals surface area contributed by atoms with E-state index in [0.717, 1.165) is 50.6 Å². The SMILES string of the molecule is CCCN=C(NCCC)NCCc1ccco1. The molecule has 17 heavy (non-hydrogen) atoms. The number of aliphatic imine (C=N–C) groups is 1. The van der Waals surface area contributed by atoms with Gasteiger partial charge in [0.1, 0.15) is 5.76 Å². The van der Waals surface area contributed by atoms with Gasteiger partial charge in [-0.05, 0) is 25.0 Å². The van der Waals surface area contributed by atoms with Gasteiger partial charge in [-0.1, -0.05) is 13.8 Å². The van der Waals surface area contributed by atoms with E-state index in [1.165, 1.54) is 0 Å². The smallest absolute Gasteiger partial charge is 0.191 e. The third-order valence-corrected chi connectivity index (χ3v) is 2.28. The number of furan rings is 1. The molecule has 1 heterocycles. The van der Waals surface area contributed by atoms with Crippen LogP contribution in [0.4, 0.5) is 0 Å². The zero-order chi connectivity index (χ0) is 12.3. The predicted octanol–water partition coefficient (Wildman–Crippen LogP) is 2.18. The molecule has 2 N–H and O–H groups in total. The first-order chi connectivity index (χ1) is 8.36. The summed E-state index contributed by atoms with van der Waals surface area (Å²) in [6.07, 6.45) is 4.75. The van der Waals surface area contributed by atoms with Crippen molar-refractivity contribution in [3.8, 4) is 0 Å². The van der Waals surface area contributed by atoms with Crippen LogP contribution in [-0.4, -0.2) is 25.6 Å². The van der Waals surface area contributed by atoms with Crippen LogP contribution in [0.5, 0.6) is 0 Å². The van der Waals surface area contributed by atoms with Gasteiger partial charge in [-0.15, -0.1) is 0 Å². The normalized spacial score (nSPS) is 11.5. The van der Waals surface area contributed by atoms with Gasteiger partial charge in [-0.2, -0.15) is 0 Å². The third kappa shape index (κ3) is 6.00. The van der Waals surface area contributed by atoms with Crippen molar-refractivity contribution in [3.63, 3.8) is 0 Å². The lowest BCUT2D eigenvalue weighted by molar-refractivity contribution is 0.506. The molecular formula is C13H23N3O. The van der Waals surface area contributed by atoms with Gasteiger partial charge < -0.3 is 15.1 Å². The van der Waals surface area contributed by atoms with Gasteiger partial charge in [0.2, 0.25) is 0 Å². The molecule has 1 rings (SSSR count). The Balaban J connectivity index is 2.27. The number of hydrogen-bond acceptors (Lipinski definition) is 2. The summed E-state index contributed by atoms with van der Waals surface area (Å²) in [5.74, 6) is 1.91. The number of nitrogens with zero attached hydrogens (tertiary/aromatic N) is 1. The summed E-state index contributed by atoms with van der Waals surface area (Å²) in [7, 11) is 0. The van der Waals surface area contributed by atoms with E-state index in [1.807, 2.05) is 12.1 Å². The van der Waals surface area contributed by atoms with Crippen LogP contribution in [0.2, 0.25) is 0 Å². The van der Waals surface area contributed by atoms with Crippen molar-refractivity contribution in [3.05, 3.63) is 24.2 Å². The van der Waals surface area contributed by atoms with Crippen molar-refractivity contribution in [1.82, 2.24) is 10.6 Å². The van der Waals surface area contributed by atoms with Crippen molar-refractivity contribution < 1.29 is 4.42 Å². The van der Waals surface area contributed by atoms with E-state index in [4.69, 9.17) is 4.42 Å². The second-order valence-electron chi connectivity index (χ2n) is 3.91. The van der Waals surface area contributed by atoms with E-state index >= 15 is 0 Å². The van der Waals surface area contributed by atoms with E-state index in [2.05, 4.69) is 29.5 Å².